The zero-order valence-corrected chi connectivity index (χ0v) is 12.0. The van der Waals surface area contributed by atoms with E-state index in [0.29, 0.717) is 11.6 Å². The number of hydrogen-bond donors (Lipinski definition) is 1. The third-order valence-corrected chi connectivity index (χ3v) is 3.21. The average Bonchev–Trinajstić information content (AvgIpc) is 2.64. The number of aryl methyl sites for hydroxylation is 1. The Morgan fingerprint density at radius 2 is 2.17 bits per heavy atom. The van der Waals surface area contributed by atoms with Gasteiger partial charge in [0.15, 0.2) is 0 Å². The molecule has 6 heteroatoms. The van der Waals surface area contributed by atoms with E-state index in [4.69, 9.17) is 11.6 Å². The van der Waals surface area contributed by atoms with Gasteiger partial charge in [-0.15, -0.1) is 0 Å². The van der Waals surface area contributed by atoms with Gasteiger partial charge in [0.25, 0.3) is 0 Å². The van der Waals surface area contributed by atoms with Crippen LogP contribution in [0.1, 0.15) is 19.5 Å². The minimum Gasteiger partial charge on any atom is -0.353 e. The Morgan fingerprint density at radius 1 is 1.50 bits per heavy atom. The second-order valence-corrected chi connectivity index (χ2v) is 4.54. The Kier molecular flexibility index (Phi) is 6.15. The predicted molar refractivity (Wildman–Crippen MR) is 72.8 cm³/mol. The Balaban J connectivity index is 2.29. The van der Waals surface area contributed by atoms with Crippen LogP contribution in [0.15, 0.2) is 6.20 Å². The topological polar surface area (TPSA) is 50.2 Å². The number of rotatable bonds is 7. The highest BCUT2D eigenvalue weighted by atomic mass is 35.5. The highest BCUT2D eigenvalue weighted by Gasteiger charge is 2.07. The van der Waals surface area contributed by atoms with Gasteiger partial charge in [0, 0.05) is 19.3 Å². The lowest BCUT2D eigenvalue weighted by Crippen LogP contribution is -2.36. The molecule has 1 heterocycles. The van der Waals surface area contributed by atoms with Gasteiger partial charge in [-0.05, 0) is 20.0 Å². The van der Waals surface area contributed by atoms with E-state index in [2.05, 4.69) is 29.2 Å². The molecule has 1 amide bonds. The molecule has 0 aromatic carbocycles. The Morgan fingerprint density at radius 3 is 2.67 bits per heavy atom. The number of hydrogen-bond acceptors (Lipinski definition) is 3. The van der Waals surface area contributed by atoms with Crippen LogP contribution in [-0.4, -0.2) is 46.8 Å². The summed E-state index contributed by atoms with van der Waals surface area (Å²) in [5.74, 6) is -0.0404. The molecule has 0 aliphatic rings. The van der Waals surface area contributed by atoms with Crippen molar-refractivity contribution < 1.29 is 4.79 Å². The van der Waals surface area contributed by atoms with Crippen molar-refractivity contribution in [2.24, 2.45) is 0 Å². The van der Waals surface area contributed by atoms with Gasteiger partial charge >= 0.3 is 0 Å². The second kappa shape index (κ2) is 7.38. The maximum Gasteiger partial charge on any atom is 0.241 e. The Bertz CT molecular complexity index is 368. The van der Waals surface area contributed by atoms with Gasteiger partial charge in [0.2, 0.25) is 5.91 Å². The predicted octanol–water partition coefficient (Wildman–Crippen LogP) is 1.30. The van der Waals surface area contributed by atoms with Gasteiger partial charge < -0.3 is 10.2 Å². The average molecular weight is 273 g/mol. The maximum absolute atomic E-state index is 11.7. The Hall–Kier alpha value is -1.07. The number of halogens is 1. The number of carbonyl (C=O) groups excluding carboxylic acids is 1. The fourth-order valence-electron chi connectivity index (χ4n) is 1.67. The van der Waals surface area contributed by atoms with Crippen LogP contribution in [0.2, 0.25) is 5.02 Å². The SMILES string of the molecule is CCN(CC)CCNC(=O)Cn1cc(Cl)c(C)n1. The molecule has 1 N–H and O–H groups in total. The molecule has 1 aromatic heterocycles. The first-order chi connectivity index (χ1) is 8.56. The molecule has 0 saturated heterocycles. The number of carbonyl (C=O) groups is 1. The van der Waals surface area contributed by atoms with Crippen LogP contribution in [0.3, 0.4) is 0 Å². The van der Waals surface area contributed by atoms with Gasteiger partial charge in [0.05, 0.1) is 10.7 Å². The lowest BCUT2D eigenvalue weighted by atomic mass is 10.4. The van der Waals surface area contributed by atoms with Crippen molar-refractivity contribution in [2.45, 2.75) is 27.3 Å². The third kappa shape index (κ3) is 4.66. The summed E-state index contributed by atoms with van der Waals surface area (Å²) >= 11 is 5.87. The summed E-state index contributed by atoms with van der Waals surface area (Å²) < 4.78 is 1.56. The van der Waals surface area contributed by atoms with Crippen LogP contribution in [0.25, 0.3) is 0 Å². The van der Waals surface area contributed by atoms with E-state index >= 15 is 0 Å². The third-order valence-electron chi connectivity index (χ3n) is 2.84. The molecular weight excluding hydrogens is 252 g/mol. The zero-order chi connectivity index (χ0) is 13.5. The normalized spacial score (nSPS) is 10.9. The van der Waals surface area contributed by atoms with Gasteiger partial charge in [-0.3, -0.25) is 9.48 Å². The van der Waals surface area contributed by atoms with Crippen LogP contribution in [0.4, 0.5) is 0 Å². The summed E-state index contributed by atoms with van der Waals surface area (Å²) in [5.41, 5.74) is 0.743. The van der Waals surface area contributed by atoms with E-state index in [9.17, 15) is 4.79 Å². The molecule has 0 aliphatic heterocycles. The summed E-state index contributed by atoms with van der Waals surface area (Å²) in [5, 5.41) is 7.60. The van der Waals surface area contributed by atoms with Crippen LogP contribution < -0.4 is 5.32 Å². The summed E-state index contributed by atoms with van der Waals surface area (Å²) in [4.78, 5) is 13.9. The number of amides is 1. The highest BCUT2D eigenvalue weighted by Crippen LogP contribution is 2.11. The lowest BCUT2D eigenvalue weighted by molar-refractivity contribution is -0.121. The van der Waals surface area contributed by atoms with Crippen molar-refractivity contribution in [3.63, 3.8) is 0 Å². The fourth-order valence-corrected chi connectivity index (χ4v) is 1.82. The summed E-state index contributed by atoms with van der Waals surface area (Å²) in [6.45, 7) is 9.79. The molecule has 0 spiro atoms. The van der Waals surface area contributed by atoms with E-state index in [1.807, 2.05) is 6.92 Å². The first-order valence-electron chi connectivity index (χ1n) is 6.25. The van der Waals surface area contributed by atoms with Gasteiger partial charge in [-0.2, -0.15) is 5.10 Å². The molecule has 102 valence electrons. The molecule has 18 heavy (non-hydrogen) atoms. The monoisotopic (exact) mass is 272 g/mol. The fraction of sp³-hybridized carbons (Fsp3) is 0.667. The molecule has 1 rings (SSSR count). The van der Waals surface area contributed by atoms with Crippen molar-refractivity contribution in [2.75, 3.05) is 26.2 Å². The summed E-state index contributed by atoms with van der Waals surface area (Å²) in [6.07, 6.45) is 1.67. The van der Waals surface area contributed by atoms with E-state index in [1.54, 1.807) is 10.9 Å². The molecule has 0 saturated carbocycles. The van der Waals surface area contributed by atoms with Crippen molar-refractivity contribution in [1.29, 1.82) is 0 Å². The van der Waals surface area contributed by atoms with Gasteiger partial charge in [-0.25, -0.2) is 0 Å². The molecular formula is C12H21ClN4O. The first-order valence-corrected chi connectivity index (χ1v) is 6.63. The quantitative estimate of drug-likeness (QED) is 0.814. The van der Waals surface area contributed by atoms with Crippen molar-refractivity contribution in [1.82, 2.24) is 20.0 Å². The molecule has 1 aromatic rings. The molecule has 0 bridgehead atoms. The number of nitrogens with zero attached hydrogens (tertiary/aromatic N) is 3. The van der Waals surface area contributed by atoms with Crippen LogP contribution in [-0.2, 0) is 11.3 Å². The van der Waals surface area contributed by atoms with Crippen LogP contribution >= 0.6 is 11.6 Å². The lowest BCUT2D eigenvalue weighted by Gasteiger charge is -2.17. The minimum atomic E-state index is -0.0404. The van der Waals surface area contributed by atoms with Crippen molar-refractivity contribution in [3.8, 4) is 0 Å². The van der Waals surface area contributed by atoms with E-state index in [0.717, 1.165) is 25.3 Å². The molecule has 0 radical (unpaired) electrons. The molecule has 0 unspecified atom stereocenters. The van der Waals surface area contributed by atoms with Crippen LogP contribution in [0.5, 0.6) is 0 Å². The molecule has 0 aliphatic carbocycles. The van der Waals surface area contributed by atoms with Gasteiger partial charge in [-0.1, -0.05) is 25.4 Å². The van der Waals surface area contributed by atoms with Crippen LogP contribution in [0, 0.1) is 6.92 Å². The van der Waals surface area contributed by atoms with E-state index in [-0.39, 0.29) is 12.5 Å². The van der Waals surface area contributed by atoms with E-state index in [1.165, 1.54) is 0 Å². The molecule has 0 fully saturated rings. The van der Waals surface area contributed by atoms with Gasteiger partial charge in [0.1, 0.15) is 6.54 Å². The number of nitrogens with one attached hydrogen (secondary N) is 1. The maximum atomic E-state index is 11.7. The minimum absolute atomic E-state index is 0.0404. The smallest absolute Gasteiger partial charge is 0.241 e. The standard InChI is InChI=1S/C12H21ClN4O/c1-4-16(5-2)7-6-14-12(18)9-17-8-11(13)10(3)15-17/h8H,4-7,9H2,1-3H3,(H,14,18). The summed E-state index contributed by atoms with van der Waals surface area (Å²) in [7, 11) is 0. The first kappa shape index (κ1) is 15.0. The van der Waals surface area contributed by atoms with E-state index < -0.39 is 0 Å². The zero-order valence-electron chi connectivity index (χ0n) is 11.2. The van der Waals surface area contributed by atoms with Crippen molar-refractivity contribution >= 4 is 17.5 Å². The highest BCUT2D eigenvalue weighted by molar-refractivity contribution is 6.31. The van der Waals surface area contributed by atoms with Crippen molar-refractivity contribution in [3.05, 3.63) is 16.9 Å². The molecule has 0 atom stereocenters. The Labute approximate surface area is 113 Å². The summed E-state index contributed by atoms with van der Waals surface area (Å²) in [6, 6.07) is 0. The second-order valence-electron chi connectivity index (χ2n) is 4.14. The number of aromatic nitrogens is 2. The molecule has 5 nitrogen and oxygen atoms in total. The largest absolute Gasteiger partial charge is 0.353 e. The number of likely N-dealkylation sites (N-methyl/N-ethyl adjacent to an activating group) is 1.